The highest BCUT2D eigenvalue weighted by Gasteiger charge is 2.20. The standard InChI is InChI=1S/C21H23FN4OS/c1-4-21(2,3)23-18(27)14-28-20-25-24-19(15-10-12-16(22)13-11-15)26(20)17-8-6-5-7-9-17/h5-13H,4,14H2,1-3H3,(H,23,27). The van der Waals surface area contributed by atoms with Crippen LogP contribution in [0.4, 0.5) is 4.39 Å². The van der Waals surface area contributed by atoms with Crippen molar-refractivity contribution < 1.29 is 9.18 Å². The molecule has 7 heteroatoms. The van der Waals surface area contributed by atoms with Crippen LogP contribution >= 0.6 is 11.8 Å². The molecule has 1 N–H and O–H groups in total. The summed E-state index contributed by atoms with van der Waals surface area (Å²) < 4.78 is 15.2. The fourth-order valence-electron chi connectivity index (χ4n) is 2.59. The maximum absolute atomic E-state index is 13.3. The highest BCUT2D eigenvalue weighted by Crippen LogP contribution is 2.28. The minimum absolute atomic E-state index is 0.0530. The van der Waals surface area contributed by atoms with E-state index >= 15 is 0 Å². The van der Waals surface area contributed by atoms with Crippen molar-refractivity contribution in [2.24, 2.45) is 0 Å². The molecular formula is C21H23FN4OS. The lowest BCUT2D eigenvalue weighted by molar-refractivity contribution is -0.120. The number of para-hydroxylation sites is 1. The second-order valence-electron chi connectivity index (χ2n) is 7.06. The van der Waals surface area contributed by atoms with E-state index in [-0.39, 0.29) is 23.0 Å². The first-order valence-corrected chi connectivity index (χ1v) is 10.1. The summed E-state index contributed by atoms with van der Waals surface area (Å²) >= 11 is 1.32. The number of hydrogen-bond acceptors (Lipinski definition) is 4. The Hall–Kier alpha value is -2.67. The predicted octanol–water partition coefficient (Wildman–Crippen LogP) is 4.47. The van der Waals surface area contributed by atoms with Crippen molar-refractivity contribution in [3.8, 4) is 17.1 Å². The number of amides is 1. The fourth-order valence-corrected chi connectivity index (χ4v) is 3.34. The van der Waals surface area contributed by atoms with Crippen LogP contribution in [0.3, 0.4) is 0 Å². The number of hydrogen-bond donors (Lipinski definition) is 1. The Morgan fingerprint density at radius 2 is 1.79 bits per heavy atom. The molecule has 0 aliphatic heterocycles. The van der Waals surface area contributed by atoms with Gasteiger partial charge in [-0.2, -0.15) is 0 Å². The van der Waals surface area contributed by atoms with Crippen LogP contribution in [-0.2, 0) is 4.79 Å². The third kappa shape index (κ3) is 4.78. The van der Waals surface area contributed by atoms with E-state index in [1.807, 2.05) is 55.7 Å². The van der Waals surface area contributed by atoms with Crippen LogP contribution in [0.2, 0.25) is 0 Å². The van der Waals surface area contributed by atoms with Gasteiger partial charge in [0.1, 0.15) is 5.82 Å². The normalized spacial score (nSPS) is 11.4. The van der Waals surface area contributed by atoms with Gasteiger partial charge in [0.15, 0.2) is 11.0 Å². The van der Waals surface area contributed by atoms with Gasteiger partial charge in [-0.3, -0.25) is 9.36 Å². The van der Waals surface area contributed by atoms with Crippen LogP contribution in [0.25, 0.3) is 17.1 Å². The quantitative estimate of drug-likeness (QED) is 0.597. The van der Waals surface area contributed by atoms with Gasteiger partial charge in [-0.1, -0.05) is 36.9 Å². The Morgan fingerprint density at radius 1 is 1.11 bits per heavy atom. The van der Waals surface area contributed by atoms with E-state index in [1.54, 1.807) is 12.1 Å². The van der Waals surface area contributed by atoms with E-state index in [4.69, 9.17) is 0 Å². The molecule has 2 aromatic carbocycles. The fraction of sp³-hybridized carbons (Fsp3) is 0.286. The topological polar surface area (TPSA) is 59.8 Å². The Kier molecular flexibility index (Phi) is 6.14. The summed E-state index contributed by atoms with van der Waals surface area (Å²) in [6.07, 6.45) is 0.846. The van der Waals surface area contributed by atoms with Gasteiger partial charge in [0, 0.05) is 16.8 Å². The van der Waals surface area contributed by atoms with Crippen LogP contribution in [0.5, 0.6) is 0 Å². The van der Waals surface area contributed by atoms with Crippen molar-refractivity contribution in [1.82, 2.24) is 20.1 Å². The summed E-state index contributed by atoms with van der Waals surface area (Å²) in [6.45, 7) is 6.03. The molecule has 0 aliphatic carbocycles. The Balaban J connectivity index is 1.89. The zero-order valence-electron chi connectivity index (χ0n) is 16.1. The van der Waals surface area contributed by atoms with E-state index in [2.05, 4.69) is 15.5 Å². The van der Waals surface area contributed by atoms with Crippen LogP contribution in [0, 0.1) is 5.82 Å². The molecule has 0 unspecified atom stereocenters. The highest BCUT2D eigenvalue weighted by molar-refractivity contribution is 7.99. The van der Waals surface area contributed by atoms with E-state index < -0.39 is 0 Å². The Labute approximate surface area is 168 Å². The van der Waals surface area contributed by atoms with Gasteiger partial charge in [-0.05, 0) is 56.7 Å². The molecule has 0 fully saturated rings. The summed E-state index contributed by atoms with van der Waals surface area (Å²) in [5, 5.41) is 12.2. The summed E-state index contributed by atoms with van der Waals surface area (Å²) in [4.78, 5) is 12.3. The zero-order chi connectivity index (χ0) is 20.1. The van der Waals surface area contributed by atoms with Crippen LogP contribution in [0.1, 0.15) is 27.2 Å². The molecule has 3 rings (SSSR count). The van der Waals surface area contributed by atoms with E-state index in [9.17, 15) is 9.18 Å². The summed E-state index contributed by atoms with van der Waals surface area (Å²) in [5.74, 6) is 0.475. The molecule has 146 valence electrons. The van der Waals surface area contributed by atoms with Crippen LogP contribution < -0.4 is 5.32 Å². The number of nitrogens with zero attached hydrogens (tertiary/aromatic N) is 3. The van der Waals surface area contributed by atoms with Crippen molar-refractivity contribution >= 4 is 17.7 Å². The molecule has 1 aromatic heterocycles. The maximum atomic E-state index is 13.3. The zero-order valence-corrected chi connectivity index (χ0v) is 17.0. The molecule has 0 bridgehead atoms. The smallest absolute Gasteiger partial charge is 0.230 e. The second-order valence-corrected chi connectivity index (χ2v) is 8.00. The number of halogens is 1. The van der Waals surface area contributed by atoms with E-state index in [1.165, 1.54) is 23.9 Å². The lowest BCUT2D eigenvalue weighted by atomic mass is 10.0. The van der Waals surface area contributed by atoms with Gasteiger partial charge in [-0.25, -0.2) is 4.39 Å². The first-order valence-electron chi connectivity index (χ1n) is 9.10. The third-order valence-corrected chi connectivity index (χ3v) is 5.37. The molecule has 0 radical (unpaired) electrons. The molecule has 1 heterocycles. The van der Waals surface area contributed by atoms with Crippen molar-refractivity contribution in [2.45, 2.75) is 37.9 Å². The average molecular weight is 399 g/mol. The van der Waals surface area contributed by atoms with E-state index in [0.29, 0.717) is 11.0 Å². The lowest BCUT2D eigenvalue weighted by Crippen LogP contribution is -2.43. The first kappa shape index (κ1) is 20.1. The molecular weight excluding hydrogens is 375 g/mol. The number of carbonyl (C=O) groups excluding carboxylic acids is 1. The first-order chi connectivity index (χ1) is 13.4. The van der Waals surface area contributed by atoms with Crippen LogP contribution in [-0.4, -0.2) is 32.0 Å². The molecule has 0 spiro atoms. The van der Waals surface area contributed by atoms with Crippen LogP contribution in [0.15, 0.2) is 59.8 Å². The van der Waals surface area contributed by atoms with E-state index in [0.717, 1.165) is 17.7 Å². The molecule has 5 nitrogen and oxygen atoms in total. The van der Waals surface area contributed by atoms with Gasteiger partial charge in [0.05, 0.1) is 5.75 Å². The molecule has 0 aliphatic rings. The molecule has 0 saturated carbocycles. The Morgan fingerprint density at radius 3 is 2.43 bits per heavy atom. The summed E-state index contributed by atoms with van der Waals surface area (Å²) in [6, 6.07) is 15.8. The number of thioether (sulfide) groups is 1. The van der Waals surface area contributed by atoms with Gasteiger partial charge in [-0.15, -0.1) is 10.2 Å². The summed E-state index contributed by atoms with van der Waals surface area (Å²) in [7, 11) is 0. The number of nitrogens with one attached hydrogen (secondary N) is 1. The Bertz CT molecular complexity index is 939. The van der Waals surface area contributed by atoms with Gasteiger partial charge in [0.25, 0.3) is 0 Å². The largest absolute Gasteiger partial charge is 0.351 e. The number of rotatable bonds is 7. The van der Waals surface area contributed by atoms with Crippen molar-refractivity contribution in [3.05, 3.63) is 60.4 Å². The predicted molar refractivity (Wildman–Crippen MR) is 110 cm³/mol. The monoisotopic (exact) mass is 398 g/mol. The minimum atomic E-state index is -0.306. The van der Waals surface area contributed by atoms with Crippen molar-refractivity contribution in [2.75, 3.05) is 5.75 Å². The molecule has 28 heavy (non-hydrogen) atoms. The molecule has 0 atom stereocenters. The maximum Gasteiger partial charge on any atom is 0.230 e. The lowest BCUT2D eigenvalue weighted by Gasteiger charge is -2.24. The van der Waals surface area contributed by atoms with Gasteiger partial charge in [0.2, 0.25) is 5.91 Å². The number of aromatic nitrogens is 3. The van der Waals surface area contributed by atoms with Crippen molar-refractivity contribution in [3.63, 3.8) is 0 Å². The average Bonchev–Trinajstić information content (AvgIpc) is 3.11. The molecule has 3 aromatic rings. The van der Waals surface area contributed by atoms with Gasteiger partial charge < -0.3 is 5.32 Å². The molecule has 1 amide bonds. The SMILES string of the molecule is CCC(C)(C)NC(=O)CSc1nnc(-c2ccc(F)cc2)n1-c1ccccc1. The minimum Gasteiger partial charge on any atom is -0.351 e. The van der Waals surface area contributed by atoms with Gasteiger partial charge >= 0.3 is 0 Å². The number of benzene rings is 2. The number of carbonyl (C=O) groups is 1. The molecule has 0 saturated heterocycles. The second kappa shape index (κ2) is 8.56. The highest BCUT2D eigenvalue weighted by atomic mass is 32.2. The summed E-state index contributed by atoms with van der Waals surface area (Å²) in [5.41, 5.74) is 1.38. The van der Waals surface area contributed by atoms with Crippen molar-refractivity contribution in [1.29, 1.82) is 0 Å². The third-order valence-electron chi connectivity index (χ3n) is 4.44.